The van der Waals surface area contributed by atoms with Gasteiger partial charge in [0.25, 0.3) is 0 Å². The Hall–Kier alpha value is -0.840. The molecule has 1 N–H and O–H groups in total. The molecule has 2 saturated heterocycles. The van der Waals surface area contributed by atoms with Gasteiger partial charge in [-0.2, -0.15) is 0 Å². The normalized spacial score (nSPS) is 26.9. The molecule has 3 heterocycles. The molecule has 20 heavy (non-hydrogen) atoms. The third-order valence-corrected chi connectivity index (χ3v) is 4.86. The van der Waals surface area contributed by atoms with E-state index in [2.05, 4.69) is 33.1 Å². The van der Waals surface area contributed by atoms with Gasteiger partial charge < -0.3 is 10.2 Å². The van der Waals surface area contributed by atoms with Crippen molar-refractivity contribution in [2.45, 2.75) is 38.4 Å². The smallest absolute Gasteiger partial charge is 0.129 e. The number of anilines is 1. The maximum atomic E-state index is 6.21. The summed E-state index contributed by atoms with van der Waals surface area (Å²) in [5.41, 5.74) is 1.13. The molecule has 4 nitrogen and oxygen atoms in total. The summed E-state index contributed by atoms with van der Waals surface area (Å²) in [6, 6.07) is 3.36. The second-order valence-corrected chi connectivity index (χ2v) is 6.36. The summed E-state index contributed by atoms with van der Waals surface area (Å²) >= 11 is 6.21. The van der Waals surface area contributed by atoms with Gasteiger partial charge in [0.1, 0.15) is 5.82 Å². The topological polar surface area (TPSA) is 31.4 Å². The van der Waals surface area contributed by atoms with Gasteiger partial charge in [-0.25, -0.2) is 4.98 Å². The van der Waals surface area contributed by atoms with E-state index in [1.54, 1.807) is 6.20 Å². The summed E-state index contributed by atoms with van der Waals surface area (Å²) in [5, 5.41) is 3.91. The summed E-state index contributed by atoms with van der Waals surface area (Å²) < 4.78 is 0. The second-order valence-electron chi connectivity index (χ2n) is 5.96. The minimum absolute atomic E-state index is 0.514. The molecule has 110 valence electrons. The number of hydrogen-bond donors (Lipinski definition) is 1. The molecule has 0 amide bonds. The van der Waals surface area contributed by atoms with Gasteiger partial charge in [0.05, 0.1) is 5.02 Å². The molecule has 0 bridgehead atoms. The van der Waals surface area contributed by atoms with E-state index in [9.17, 15) is 0 Å². The van der Waals surface area contributed by atoms with Gasteiger partial charge in [-0.15, -0.1) is 0 Å². The maximum absolute atomic E-state index is 6.21. The average molecular weight is 295 g/mol. The Morgan fingerprint density at radius 3 is 3.10 bits per heavy atom. The zero-order valence-corrected chi connectivity index (χ0v) is 13.0. The maximum Gasteiger partial charge on any atom is 0.129 e. The highest BCUT2D eigenvalue weighted by atomic mass is 35.5. The molecular formula is C15H23ClN4. The van der Waals surface area contributed by atoms with Crippen LogP contribution in [0.25, 0.3) is 0 Å². The van der Waals surface area contributed by atoms with Gasteiger partial charge in [-0.3, -0.25) is 4.90 Å². The number of pyridine rings is 1. The minimum atomic E-state index is 0.514. The van der Waals surface area contributed by atoms with Crippen molar-refractivity contribution >= 4 is 17.4 Å². The molecule has 0 spiro atoms. The van der Waals surface area contributed by atoms with Crippen LogP contribution in [-0.2, 0) is 6.54 Å². The predicted octanol–water partition coefficient (Wildman–Crippen LogP) is 2.13. The third kappa shape index (κ3) is 2.65. The number of nitrogens with one attached hydrogen (secondary N) is 1. The molecule has 0 aromatic carbocycles. The van der Waals surface area contributed by atoms with E-state index >= 15 is 0 Å². The molecule has 2 fully saturated rings. The minimum Gasteiger partial charge on any atom is -0.351 e. The first-order chi connectivity index (χ1) is 9.69. The molecule has 0 radical (unpaired) electrons. The Balaban J connectivity index is 1.82. The van der Waals surface area contributed by atoms with Crippen LogP contribution in [0.15, 0.2) is 12.3 Å². The summed E-state index contributed by atoms with van der Waals surface area (Å²) in [4.78, 5) is 9.63. The molecule has 2 atom stereocenters. The number of aromatic nitrogens is 1. The fourth-order valence-electron chi connectivity index (χ4n) is 3.46. The second kappa shape index (κ2) is 5.88. The Bertz CT molecular complexity index is 479. The van der Waals surface area contributed by atoms with E-state index < -0.39 is 0 Å². The summed E-state index contributed by atoms with van der Waals surface area (Å²) in [7, 11) is 1.94. The molecule has 0 aliphatic carbocycles. The molecule has 2 aliphatic heterocycles. The first-order valence-electron chi connectivity index (χ1n) is 7.48. The third-order valence-electron chi connectivity index (χ3n) is 4.52. The van der Waals surface area contributed by atoms with Crippen molar-refractivity contribution in [3.63, 3.8) is 0 Å². The zero-order chi connectivity index (χ0) is 14.1. The van der Waals surface area contributed by atoms with Crippen LogP contribution in [0, 0.1) is 0 Å². The molecule has 0 saturated carbocycles. The van der Waals surface area contributed by atoms with E-state index in [0.717, 1.165) is 36.0 Å². The van der Waals surface area contributed by atoms with E-state index in [1.807, 2.05) is 7.05 Å². The van der Waals surface area contributed by atoms with Crippen LogP contribution in [0.5, 0.6) is 0 Å². The van der Waals surface area contributed by atoms with Crippen LogP contribution >= 0.6 is 11.6 Å². The van der Waals surface area contributed by atoms with Crippen LogP contribution in [0.1, 0.15) is 25.3 Å². The highest BCUT2D eigenvalue weighted by Gasteiger charge is 2.34. The van der Waals surface area contributed by atoms with Crippen LogP contribution in [0.4, 0.5) is 5.82 Å². The van der Waals surface area contributed by atoms with E-state index in [1.165, 1.54) is 19.4 Å². The molecule has 1 aromatic rings. The molecular weight excluding hydrogens is 272 g/mol. The van der Waals surface area contributed by atoms with Crippen LogP contribution < -0.4 is 10.2 Å². The van der Waals surface area contributed by atoms with Crippen LogP contribution in [-0.4, -0.2) is 48.6 Å². The van der Waals surface area contributed by atoms with E-state index in [0.29, 0.717) is 12.1 Å². The highest BCUT2D eigenvalue weighted by Crippen LogP contribution is 2.29. The monoisotopic (exact) mass is 294 g/mol. The van der Waals surface area contributed by atoms with E-state index in [-0.39, 0.29) is 0 Å². The fourth-order valence-corrected chi connectivity index (χ4v) is 3.63. The number of nitrogens with zero attached hydrogens (tertiary/aromatic N) is 3. The highest BCUT2D eigenvalue weighted by molar-refractivity contribution is 6.31. The predicted molar refractivity (Wildman–Crippen MR) is 83.4 cm³/mol. The van der Waals surface area contributed by atoms with Gasteiger partial charge >= 0.3 is 0 Å². The van der Waals surface area contributed by atoms with Crippen molar-refractivity contribution in [3.8, 4) is 0 Å². The number of rotatable bonds is 3. The standard InChI is InChI=1S/C15H23ClN4/c1-11-9-19-5-3-4-13(19)10-20(11)15-6-12(7-17-2)14(16)8-18-15/h6,8,11,13,17H,3-5,7,9-10H2,1-2H3. The quantitative estimate of drug-likeness (QED) is 0.925. The molecule has 1 aromatic heterocycles. The lowest BCUT2D eigenvalue weighted by Crippen LogP contribution is -2.55. The number of hydrogen-bond acceptors (Lipinski definition) is 4. The lowest BCUT2D eigenvalue weighted by atomic mass is 10.1. The van der Waals surface area contributed by atoms with Crippen molar-refractivity contribution in [1.82, 2.24) is 15.2 Å². The van der Waals surface area contributed by atoms with Crippen LogP contribution in [0.2, 0.25) is 5.02 Å². The first kappa shape index (κ1) is 14.1. The van der Waals surface area contributed by atoms with Gasteiger partial charge in [0.15, 0.2) is 0 Å². The van der Waals surface area contributed by atoms with Gasteiger partial charge in [0, 0.05) is 37.9 Å². The largest absolute Gasteiger partial charge is 0.351 e. The van der Waals surface area contributed by atoms with E-state index in [4.69, 9.17) is 11.6 Å². The number of halogens is 1. The SMILES string of the molecule is CNCc1cc(N2CC3CCCN3CC2C)ncc1Cl. The molecule has 5 heteroatoms. The van der Waals surface area contributed by atoms with Crippen molar-refractivity contribution in [3.05, 3.63) is 22.8 Å². The van der Waals surface area contributed by atoms with Crippen molar-refractivity contribution < 1.29 is 0 Å². The van der Waals surface area contributed by atoms with Crippen LogP contribution in [0.3, 0.4) is 0 Å². The average Bonchev–Trinajstić information content (AvgIpc) is 2.88. The molecule has 2 aliphatic rings. The molecule has 2 unspecified atom stereocenters. The first-order valence-corrected chi connectivity index (χ1v) is 7.86. The lowest BCUT2D eigenvalue weighted by Gasteiger charge is -2.43. The zero-order valence-electron chi connectivity index (χ0n) is 12.3. The van der Waals surface area contributed by atoms with Crippen molar-refractivity contribution in [1.29, 1.82) is 0 Å². The Morgan fingerprint density at radius 2 is 2.30 bits per heavy atom. The Morgan fingerprint density at radius 1 is 1.45 bits per heavy atom. The van der Waals surface area contributed by atoms with Crippen molar-refractivity contribution in [2.24, 2.45) is 0 Å². The Labute approximate surface area is 126 Å². The lowest BCUT2D eigenvalue weighted by molar-refractivity contribution is 0.202. The summed E-state index contributed by atoms with van der Waals surface area (Å²) in [5.74, 6) is 1.07. The van der Waals surface area contributed by atoms with Gasteiger partial charge in [-0.05, 0) is 45.0 Å². The number of fused-ring (bicyclic) bond motifs is 1. The van der Waals surface area contributed by atoms with Crippen molar-refractivity contribution in [2.75, 3.05) is 31.6 Å². The Kier molecular flexibility index (Phi) is 4.15. The number of piperazine rings is 1. The van der Waals surface area contributed by atoms with Gasteiger partial charge in [0.2, 0.25) is 0 Å². The summed E-state index contributed by atoms with van der Waals surface area (Å²) in [6.45, 7) is 6.59. The molecule has 3 rings (SSSR count). The fraction of sp³-hybridized carbons (Fsp3) is 0.667. The summed E-state index contributed by atoms with van der Waals surface area (Å²) in [6.07, 6.45) is 4.45. The van der Waals surface area contributed by atoms with Gasteiger partial charge in [-0.1, -0.05) is 11.6 Å².